The molecule has 1 aromatic rings. The SMILES string of the molecule is O=C(NCC1CSCCS1)c1cccnc1Cl. The van der Waals surface area contributed by atoms with E-state index in [-0.39, 0.29) is 11.1 Å². The van der Waals surface area contributed by atoms with E-state index < -0.39 is 0 Å². The van der Waals surface area contributed by atoms with Gasteiger partial charge in [-0.05, 0) is 12.1 Å². The van der Waals surface area contributed by atoms with Crippen LogP contribution in [-0.2, 0) is 0 Å². The predicted molar refractivity (Wildman–Crippen MR) is 75.2 cm³/mol. The van der Waals surface area contributed by atoms with Crippen molar-refractivity contribution in [3.63, 3.8) is 0 Å². The van der Waals surface area contributed by atoms with E-state index in [9.17, 15) is 4.79 Å². The fraction of sp³-hybridized carbons (Fsp3) is 0.455. The van der Waals surface area contributed by atoms with Crippen LogP contribution in [-0.4, -0.2) is 39.9 Å². The van der Waals surface area contributed by atoms with E-state index in [1.165, 1.54) is 11.5 Å². The standard InChI is InChI=1S/C11H13ClN2OS2/c12-10-9(2-1-3-13-10)11(15)14-6-8-7-16-4-5-17-8/h1-3,8H,4-7H2,(H,14,15). The van der Waals surface area contributed by atoms with E-state index in [2.05, 4.69) is 10.3 Å². The number of rotatable bonds is 3. The quantitative estimate of drug-likeness (QED) is 0.867. The van der Waals surface area contributed by atoms with Crippen LogP contribution in [0, 0.1) is 0 Å². The Morgan fingerprint density at radius 2 is 2.47 bits per heavy atom. The van der Waals surface area contributed by atoms with E-state index >= 15 is 0 Å². The highest BCUT2D eigenvalue weighted by molar-refractivity contribution is 8.06. The van der Waals surface area contributed by atoms with E-state index in [1.807, 2.05) is 23.5 Å². The van der Waals surface area contributed by atoms with E-state index in [0.717, 1.165) is 5.75 Å². The summed E-state index contributed by atoms with van der Waals surface area (Å²) >= 11 is 9.72. The fourth-order valence-electron chi connectivity index (χ4n) is 1.51. The van der Waals surface area contributed by atoms with Gasteiger partial charge in [0, 0.05) is 35.3 Å². The zero-order valence-electron chi connectivity index (χ0n) is 9.19. The molecule has 1 aliphatic heterocycles. The highest BCUT2D eigenvalue weighted by Gasteiger charge is 2.16. The zero-order valence-corrected chi connectivity index (χ0v) is 11.6. The van der Waals surface area contributed by atoms with Gasteiger partial charge in [-0.1, -0.05) is 11.6 Å². The highest BCUT2D eigenvalue weighted by atomic mass is 35.5. The summed E-state index contributed by atoms with van der Waals surface area (Å²) < 4.78 is 0. The van der Waals surface area contributed by atoms with Crippen molar-refractivity contribution >= 4 is 41.0 Å². The average molecular weight is 289 g/mol. The van der Waals surface area contributed by atoms with Crippen LogP contribution in [0.15, 0.2) is 18.3 Å². The number of carbonyl (C=O) groups is 1. The monoisotopic (exact) mass is 288 g/mol. The molecular formula is C11H13ClN2OS2. The van der Waals surface area contributed by atoms with Gasteiger partial charge in [0.1, 0.15) is 5.15 Å². The van der Waals surface area contributed by atoms with Gasteiger partial charge < -0.3 is 5.32 Å². The number of pyridine rings is 1. The van der Waals surface area contributed by atoms with Crippen molar-refractivity contribution in [1.29, 1.82) is 0 Å². The van der Waals surface area contributed by atoms with Crippen LogP contribution in [0.3, 0.4) is 0 Å². The molecule has 0 aliphatic carbocycles. The second-order valence-corrected chi connectivity index (χ2v) is 6.54. The number of nitrogens with one attached hydrogen (secondary N) is 1. The molecule has 1 amide bonds. The Morgan fingerprint density at radius 1 is 1.59 bits per heavy atom. The molecule has 1 atom stereocenters. The third-order valence-electron chi connectivity index (χ3n) is 2.38. The summed E-state index contributed by atoms with van der Waals surface area (Å²) in [5.41, 5.74) is 0.447. The van der Waals surface area contributed by atoms with E-state index in [0.29, 0.717) is 17.4 Å². The molecule has 1 aliphatic rings. The van der Waals surface area contributed by atoms with Gasteiger partial charge in [0.25, 0.3) is 5.91 Å². The van der Waals surface area contributed by atoms with Crippen molar-refractivity contribution in [3.05, 3.63) is 29.0 Å². The molecule has 0 aromatic carbocycles. The molecule has 2 heterocycles. The lowest BCUT2D eigenvalue weighted by atomic mass is 10.2. The van der Waals surface area contributed by atoms with E-state index in [1.54, 1.807) is 18.3 Å². The first kappa shape index (κ1) is 13.1. The zero-order chi connectivity index (χ0) is 12.1. The lowest BCUT2D eigenvalue weighted by molar-refractivity contribution is 0.0954. The Bertz CT molecular complexity index is 397. The maximum absolute atomic E-state index is 11.9. The van der Waals surface area contributed by atoms with Crippen LogP contribution in [0.25, 0.3) is 0 Å². The first-order valence-electron chi connectivity index (χ1n) is 5.35. The highest BCUT2D eigenvalue weighted by Crippen LogP contribution is 2.23. The average Bonchev–Trinajstić information content (AvgIpc) is 2.38. The molecule has 17 heavy (non-hydrogen) atoms. The largest absolute Gasteiger partial charge is 0.351 e. The van der Waals surface area contributed by atoms with Crippen molar-refractivity contribution in [2.75, 3.05) is 23.8 Å². The van der Waals surface area contributed by atoms with Crippen LogP contribution in [0.5, 0.6) is 0 Å². The number of nitrogens with zero attached hydrogens (tertiary/aromatic N) is 1. The van der Waals surface area contributed by atoms with Crippen LogP contribution < -0.4 is 5.32 Å². The summed E-state index contributed by atoms with van der Waals surface area (Å²) in [5, 5.41) is 3.68. The molecule has 6 heteroatoms. The molecule has 0 spiro atoms. The number of hydrogen-bond acceptors (Lipinski definition) is 4. The molecule has 0 saturated carbocycles. The molecule has 1 N–H and O–H groups in total. The third-order valence-corrected chi connectivity index (χ3v) is 5.53. The van der Waals surface area contributed by atoms with Gasteiger partial charge in [-0.15, -0.1) is 0 Å². The van der Waals surface area contributed by atoms with Gasteiger partial charge >= 0.3 is 0 Å². The van der Waals surface area contributed by atoms with Gasteiger partial charge in [0.05, 0.1) is 5.56 Å². The van der Waals surface area contributed by atoms with Gasteiger partial charge in [-0.3, -0.25) is 4.79 Å². The van der Waals surface area contributed by atoms with E-state index in [4.69, 9.17) is 11.6 Å². The predicted octanol–water partition coefficient (Wildman–Crippen LogP) is 2.31. The number of hydrogen-bond donors (Lipinski definition) is 1. The number of aromatic nitrogens is 1. The molecule has 0 radical (unpaired) electrons. The Morgan fingerprint density at radius 3 is 3.18 bits per heavy atom. The summed E-state index contributed by atoms with van der Waals surface area (Å²) in [6.45, 7) is 0.696. The Kier molecular flexibility index (Phi) is 5.00. The van der Waals surface area contributed by atoms with Gasteiger partial charge in [-0.2, -0.15) is 23.5 Å². The van der Waals surface area contributed by atoms with Crippen molar-refractivity contribution in [3.8, 4) is 0 Å². The number of thioether (sulfide) groups is 2. The van der Waals surface area contributed by atoms with Crippen molar-refractivity contribution in [2.45, 2.75) is 5.25 Å². The van der Waals surface area contributed by atoms with Crippen LogP contribution in [0.4, 0.5) is 0 Å². The minimum absolute atomic E-state index is 0.140. The maximum atomic E-state index is 11.9. The molecule has 1 aromatic heterocycles. The molecule has 1 fully saturated rings. The first-order chi connectivity index (χ1) is 8.27. The number of amides is 1. The molecule has 3 nitrogen and oxygen atoms in total. The van der Waals surface area contributed by atoms with Gasteiger partial charge in [0.15, 0.2) is 0 Å². The molecule has 92 valence electrons. The normalized spacial score (nSPS) is 19.9. The maximum Gasteiger partial charge on any atom is 0.254 e. The lowest BCUT2D eigenvalue weighted by Gasteiger charge is -2.21. The number of halogens is 1. The summed E-state index contributed by atoms with van der Waals surface area (Å²) in [6, 6.07) is 3.40. The smallest absolute Gasteiger partial charge is 0.254 e. The second kappa shape index (κ2) is 6.52. The Labute approximate surface area is 114 Å². The Balaban J connectivity index is 1.87. The third kappa shape index (κ3) is 3.79. The summed E-state index contributed by atoms with van der Waals surface area (Å²) in [4.78, 5) is 15.7. The summed E-state index contributed by atoms with van der Waals surface area (Å²) in [6.07, 6.45) is 1.58. The second-order valence-electron chi connectivity index (χ2n) is 3.62. The molecular weight excluding hydrogens is 276 g/mol. The van der Waals surface area contributed by atoms with Crippen molar-refractivity contribution in [1.82, 2.24) is 10.3 Å². The Hall–Kier alpha value is -0.390. The first-order valence-corrected chi connectivity index (χ1v) is 7.93. The molecule has 1 unspecified atom stereocenters. The summed E-state index contributed by atoms with van der Waals surface area (Å²) in [5.74, 6) is 3.34. The minimum Gasteiger partial charge on any atom is -0.351 e. The summed E-state index contributed by atoms with van der Waals surface area (Å²) in [7, 11) is 0. The van der Waals surface area contributed by atoms with Crippen LogP contribution in [0.2, 0.25) is 5.15 Å². The minimum atomic E-state index is -0.140. The van der Waals surface area contributed by atoms with Crippen LogP contribution >= 0.6 is 35.1 Å². The van der Waals surface area contributed by atoms with Gasteiger partial charge in [-0.25, -0.2) is 4.98 Å². The lowest BCUT2D eigenvalue weighted by Crippen LogP contribution is -2.33. The topological polar surface area (TPSA) is 42.0 Å². The number of carbonyl (C=O) groups excluding carboxylic acids is 1. The van der Waals surface area contributed by atoms with Crippen molar-refractivity contribution in [2.24, 2.45) is 0 Å². The van der Waals surface area contributed by atoms with Crippen LogP contribution in [0.1, 0.15) is 10.4 Å². The van der Waals surface area contributed by atoms with Crippen molar-refractivity contribution < 1.29 is 4.79 Å². The molecule has 2 rings (SSSR count). The molecule has 0 bridgehead atoms. The fourth-order valence-corrected chi connectivity index (χ4v) is 4.33. The molecule has 1 saturated heterocycles. The van der Waals surface area contributed by atoms with Gasteiger partial charge in [0.2, 0.25) is 0 Å².